The number of hydrogen-bond acceptors (Lipinski definition) is 4. The highest BCUT2D eigenvalue weighted by Gasteiger charge is 2.51. The zero-order chi connectivity index (χ0) is 19.4. The first-order chi connectivity index (χ1) is 12.9. The summed E-state index contributed by atoms with van der Waals surface area (Å²) >= 11 is 0. The molecule has 1 saturated carbocycles. The van der Waals surface area contributed by atoms with Crippen LogP contribution in [0.25, 0.3) is 0 Å². The number of amides is 2. The van der Waals surface area contributed by atoms with Gasteiger partial charge in [-0.1, -0.05) is 29.8 Å². The first-order valence-electron chi connectivity index (χ1n) is 9.19. The van der Waals surface area contributed by atoms with E-state index >= 15 is 0 Å². The Hall–Kier alpha value is -2.67. The summed E-state index contributed by atoms with van der Waals surface area (Å²) in [5.41, 5.74) is 4.44. The summed E-state index contributed by atoms with van der Waals surface area (Å²) in [4.78, 5) is 33.6. The van der Waals surface area contributed by atoms with Crippen LogP contribution in [0.2, 0.25) is 0 Å². The Morgan fingerprint density at radius 1 is 1.33 bits per heavy atom. The number of benzene rings is 1. The molecule has 1 aromatic heterocycles. The molecule has 0 spiro atoms. The van der Waals surface area contributed by atoms with Crippen molar-refractivity contribution in [2.45, 2.75) is 45.1 Å². The molecular formula is C20H26N4O3. The zero-order valence-electron chi connectivity index (χ0n) is 15.7. The molecule has 1 aromatic carbocycles. The number of rotatable bonds is 8. The van der Waals surface area contributed by atoms with Crippen molar-refractivity contribution in [2.24, 2.45) is 5.41 Å². The van der Waals surface area contributed by atoms with Gasteiger partial charge in [-0.25, -0.2) is 10.5 Å². The Balaban J connectivity index is 1.67. The third kappa shape index (κ3) is 4.36. The van der Waals surface area contributed by atoms with Gasteiger partial charge in [-0.05, 0) is 38.2 Å². The van der Waals surface area contributed by atoms with Crippen molar-refractivity contribution < 1.29 is 14.8 Å². The summed E-state index contributed by atoms with van der Waals surface area (Å²) in [6.07, 6.45) is 6.66. The Morgan fingerprint density at radius 3 is 2.59 bits per heavy atom. The molecule has 2 aromatic rings. The monoisotopic (exact) mass is 370 g/mol. The highest BCUT2D eigenvalue weighted by atomic mass is 16.5. The van der Waals surface area contributed by atoms with Crippen LogP contribution in [0.3, 0.4) is 0 Å². The van der Waals surface area contributed by atoms with Crippen LogP contribution in [-0.4, -0.2) is 45.0 Å². The summed E-state index contributed by atoms with van der Waals surface area (Å²) in [6, 6.07) is 7.56. The van der Waals surface area contributed by atoms with Crippen LogP contribution in [0.1, 0.15) is 36.1 Å². The number of aryl methyl sites for hydroxylation is 2. The fourth-order valence-electron chi connectivity index (χ4n) is 3.46. The predicted molar refractivity (Wildman–Crippen MR) is 99.9 cm³/mol. The maximum atomic E-state index is 13.1. The van der Waals surface area contributed by atoms with Crippen molar-refractivity contribution in [3.05, 3.63) is 53.6 Å². The maximum Gasteiger partial charge on any atom is 0.266 e. The summed E-state index contributed by atoms with van der Waals surface area (Å²) < 4.78 is 0. The number of H-pyrrole nitrogens is 1. The van der Waals surface area contributed by atoms with Gasteiger partial charge in [-0.2, -0.15) is 0 Å². The molecule has 1 unspecified atom stereocenters. The van der Waals surface area contributed by atoms with Crippen LogP contribution in [0.15, 0.2) is 36.8 Å². The highest BCUT2D eigenvalue weighted by molar-refractivity contribution is 5.91. The van der Waals surface area contributed by atoms with Crippen LogP contribution < -0.4 is 5.48 Å². The van der Waals surface area contributed by atoms with Crippen molar-refractivity contribution in [3.8, 4) is 0 Å². The molecule has 0 aliphatic heterocycles. The third-order valence-electron chi connectivity index (χ3n) is 5.49. The van der Waals surface area contributed by atoms with E-state index in [4.69, 9.17) is 5.21 Å². The molecule has 0 radical (unpaired) electrons. The van der Waals surface area contributed by atoms with Crippen molar-refractivity contribution in [1.29, 1.82) is 0 Å². The number of carbonyl (C=O) groups is 2. The lowest BCUT2D eigenvalue weighted by Gasteiger charge is -2.30. The number of likely N-dealkylation sites (N-methyl/N-ethyl adjacent to an activating group) is 1. The van der Waals surface area contributed by atoms with Gasteiger partial charge in [0.25, 0.3) is 5.91 Å². The number of carbonyl (C=O) groups excluding carboxylic acids is 2. The number of aromatic amines is 1. The second-order valence-corrected chi connectivity index (χ2v) is 7.45. The van der Waals surface area contributed by atoms with Gasteiger partial charge in [0.1, 0.15) is 6.04 Å². The number of hydrogen-bond donors (Lipinski definition) is 3. The molecular weight excluding hydrogens is 344 g/mol. The molecule has 1 fully saturated rings. The van der Waals surface area contributed by atoms with E-state index in [1.165, 1.54) is 22.4 Å². The molecule has 1 aliphatic rings. The van der Waals surface area contributed by atoms with Gasteiger partial charge in [-0.3, -0.25) is 14.8 Å². The normalized spacial score (nSPS) is 15.8. The first-order valence-corrected chi connectivity index (χ1v) is 9.19. The smallest absolute Gasteiger partial charge is 0.266 e. The molecule has 3 rings (SSSR count). The molecule has 1 aliphatic carbocycles. The Kier molecular flexibility index (Phi) is 5.60. The van der Waals surface area contributed by atoms with E-state index in [2.05, 4.69) is 41.2 Å². The van der Waals surface area contributed by atoms with Gasteiger partial charge in [0.15, 0.2) is 0 Å². The SMILES string of the molecule is Cc1ccc(CCC2(C(=O)N(C)C(Cc3cnc[nH]3)C(=O)NO)CC2)cc1. The minimum absolute atomic E-state index is 0.0391. The van der Waals surface area contributed by atoms with Crippen LogP contribution in [0.4, 0.5) is 0 Å². The van der Waals surface area contributed by atoms with E-state index in [1.54, 1.807) is 18.7 Å². The second-order valence-electron chi connectivity index (χ2n) is 7.45. The van der Waals surface area contributed by atoms with Crippen molar-refractivity contribution in [2.75, 3.05) is 7.05 Å². The molecule has 7 nitrogen and oxygen atoms in total. The molecule has 0 bridgehead atoms. The molecule has 144 valence electrons. The minimum Gasteiger partial charge on any atom is -0.348 e. The van der Waals surface area contributed by atoms with E-state index in [1.807, 2.05) is 0 Å². The molecule has 7 heteroatoms. The van der Waals surface area contributed by atoms with E-state index in [-0.39, 0.29) is 12.3 Å². The molecule has 3 N–H and O–H groups in total. The lowest BCUT2D eigenvalue weighted by molar-refractivity contribution is -0.146. The minimum atomic E-state index is -0.792. The van der Waals surface area contributed by atoms with Crippen molar-refractivity contribution in [1.82, 2.24) is 20.3 Å². The first kappa shape index (κ1) is 19.1. The summed E-state index contributed by atoms with van der Waals surface area (Å²) in [5, 5.41) is 9.09. The van der Waals surface area contributed by atoms with Gasteiger partial charge in [0.05, 0.1) is 6.33 Å². The zero-order valence-corrected chi connectivity index (χ0v) is 15.7. The largest absolute Gasteiger partial charge is 0.348 e. The summed E-state index contributed by atoms with van der Waals surface area (Å²) in [5.74, 6) is -0.641. The van der Waals surface area contributed by atoms with Crippen LogP contribution in [-0.2, 0) is 22.4 Å². The van der Waals surface area contributed by atoms with E-state index in [0.29, 0.717) is 0 Å². The number of nitrogens with zero attached hydrogens (tertiary/aromatic N) is 2. The summed E-state index contributed by atoms with van der Waals surface area (Å²) in [7, 11) is 1.63. The van der Waals surface area contributed by atoms with Gasteiger partial charge < -0.3 is 9.88 Å². The lowest BCUT2D eigenvalue weighted by atomic mass is 9.94. The Labute approximate surface area is 158 Å². The van der Waals surface area contributed by atoms with E-state index in [0.717, 1.165) is 31.4 Å². The lowest BCUT2D eigenvalue weighted by Crippen LogP contribution is -2.50. The predicted octanol–water partition coefficient (Wildman–Crippen LogP) is 2.01. The number of aromatic nitrogens is 2. The summed E-state index contributed by atoms with van der Waals surface area (Å²) in [6.45, 7) is 2.05. The fraction of sp³-hybridized carbons (Fsp3) is 0.450. The van der Waals surface area contributed by atoms with Crippen LogP contribution >= 0.6 is 0 Å². The topological polar surface area (TPSA) is 98.3 Å². The van der Waals surface area contributed by atoms with E-state index < -0.39 is 17.4 Å². The standard InChI is InChI=1S/C20H26N4O3/c1-14-3-5-15(6-4-14)7-8-20(9-10-20)19(26)24(2)17(18(25)23-27)11-16-12-21-13-22-16/h3-6,12-13,17,27H,7-11H2,1-2H3,(H,21,22)(H,23,25). The van der Waals surface area contributed by atoms with Crippen molar-refractivity contribution >= 4 is 11.8 Å². The molecule has 27 heavy (non-hydrogen) atoms. The van der Waals surface area contributed by atoms with Gasteiger partial charge >= 0.3 is 0 Å². The average Bonchev–Trinajstić information content (AvgIpc) is 3.30. The van der Waals surface area contributed by atoms with Crippen LogP contribution in [0, 0.1) is 12.3 Å². The van der Waals surface area contributed by atoms with Gasteiger partial charge in [0, 0.05) is 30.8 Å². The highest BCUT2D eigenvalue weighted by Crippen LogP contribution is 2.51. The Bertz CT molecular complexity index is 782. The van der Waals surface area contributed by atoms with Crippen LogP contribution in [0.5, 0.6) is 0 Å². The van der Waals surface area contributed by atoms with Gasteiger partial charge in [0.2, 0.25) is 5.91 Å². The number of imidazole rings is 1. The van der Waals surface area contributed by atoms with Crippen molar-refractivity contribution in [3.63, 3.8) is 0 Å². The molecule has 1 heterocycles. The number of nitrogens with one attached hydrogen (secondary N) is 2. The maximum absolute atomic E-state index is 13.1. The molecule has 0 saturated heterocycles. The fourth-order valence-corrected chi connectivity index (χ4v) is 3.46. The van der Waals surface area contributed by atoms with E-state index in [9.17, 15) is 9.59 Å². The average molecular weight is 370 g/mol. The quantitative estimate of drug-likeness (QED) is 0.489. The van der Waals surface area contributed by atoms with Gasteiger partial charge in [-0.15, -0.1) is 0 Å². The number of hydroxylamine groups is 1. The Morgan fingerprint density at radius 2 is 2.04 bits per heavy atom. The molecule has 1 atom stereocenters. The third-order valence-corrected chi connectivity index (χ3v) is 5.49. The second kappa shape index (κ2) is 7.92. The molecule has 2 amide bonds.